The fourth-order valence-corrected chi connectivity index (χ4v) is 2.30. The third kappa shape index (κ3) is 2.26. The SMILES string of the molecule is NCCC[C@@](N)(C(=O)O)C1=NCCS1. The van der Waals surface area contributed by atoms with Gasteiger partial charge in [0.05, 0.1) is 5.04 Å². The van der Waals surface area contributed by atoms with Crippen LogP contribution in [-0.2, 0) is 4.79 Å². The third-order valence-corrected chi connectivity index (χ3v) is 3.28. The number of hydrogen-bond donors (Lipinski definition) is 3. The molecule has 5 N–H and O–H groups in total. The Bertz CT molecular complexity index is 257. The van der Waals surface area contributed by atoms with Gasteiger partial charge in [-0.05, 0) is 19.4 Å². The van der Waals surface area contributed by atoms with Gasteiger partial charge in [0.25, 0.3) is 0 Å². The number of nitrogens with two attached hydrogens (primary N) is 2. The zero-order valence-electron chi connectivity index (χ0n) is 7.90. The minimum atomic E-state index is -1.32. The number of hydrogen-bond acceptors (Lipinski definition) is 5. The lowest BCUT2D eigenvalue weighted by Gasteiger charge is -2.23. The summed E-state index contributed by atoms with van der Waals surface area (Å²) in [6.07, 6.45) is 0.951. The van der Waals surface area contributed by atoms with Gasteiger partial charge in [0.15, 0.2) is 5.54 Å². The van der Waals surface area contributed by atoms with Crippen molar-refractivity contribution in [1.29, 1.82) is 0 Å². The molecule has 0 unspecified atom stereocenters. The Morgan fingerprint density at radius 2 is 2.43 bits per heavy atom. The zero-order valence-corrected chi connectivity index (χ0v) is 8.72. The van der Waals surface area contributed by atoms with Crippen LogP contribution in [-0.4, -0.2) is 40.5 Å². The standard InChI is InChI=1S/C8H15N3O2S/c9-3-1-2-8(10,7(12)13)6-11-4-5-14-6/h1-5,9-10H2,(H,12,13)/t8-/m0/s1. The van der Waals surface area contributed by atoms with E-state index in [1.54, 1.807) is 0 Å². The topological polar surface area (TPSA) is 102 Å². The van der Waals surface area contributed by atoms with E-state index in [2.05, 4.69) is 4.99 Å². The Kier molecular flexibility index (Phi) is 3.91. The van der Waals surface area contributed by atoms with Crippen molar-refractivity contribution in [3.8, 4) is 0 Å². The first-order valence-electron chi connectivity index (χ1n) is 4.51. The van der Waals surface area contributed by atoms with Gasteiger partial charge in [-0.15, -0.1) is 11.8 Å². The molecule has 1 heterocycles. The van der Waals surface area contributed by atoms with Gasteiger partial charge in [0.2, 0.25) is 0 Å². The first kappa shape index (κ1) is 11.5. The Morgan fingerprint density at radius 1 is 1.71 bits per heavy atom. The number of carbonyl (C=O) groups is 1. The fourth-order valence-electron chi connectivity index (χ4n) is 1.29. The average Bonchev–Trinajstić information content (AvgIpc) is 2.66. The van der Waals surface area contributed by atoms with Crippen molar-refractivity contribution in [2.45, 2.75) is 18.4 Å². The van der Waals surface area contributed by atoms with Crippen LogP contribution in [0.1, 0.15) is 12.8 Å². The first-order valence-corrected chi connectivity index (χ1v) is 5.50. The van der Waals surface area contributed by atoms with Crippen molar-refractivity contribution >= 4 is 22.8 Å². The Labute approximate surface area is 86.9 Å². The second-order valence-electron chi connectivity index (χ2n) is 3.20. The molecule has 1 rings (SSSR count). The van der Waals surface area contributed by atoms with E-state index < -0.39 is 11.5 Å². The van der Waals surface area contributed by atoms with Crippen molar-refractivity contribution in [3.05, 3.63) is 0 Å². The van der Waals surface area contributed by atoms with Crippen LogP contribution in [0.4, 0.5) is 0 Å². The van der Waals surface area contributed by atoms with Crippen LogP contribution in [0.5, 0.6) is 0 Å². The first-order chi connectivity index (χ1) is 6.61. The maximum atomic E-state index is 11.1. The van der Waals surface area contributed by atoms with E-state index in [4.69, 9.17) is 16.6 Å². The third-order valence-electron chi connectivity index (χ3n) is 2.12. The molecule has 6 heteroatoms. The highest BCUT2D eigenvalue weighted by molar-refractivity contribution is 8.14. The number of nitrogens with zero attached hydrogens (tertiary/aromatic N) is 1. The zero-order chi connectivity index (χ0) is 10.6. The van der Waals surface area contributed by atoms with Crippen LogP contribution in [0.3, 0.4) is 0 Å². The summed E-state index contributed by atoms with van der Waals surface area (Å²) >= 11 is 1.43. The molecule has 0 amide bonds. The average molecular weight is 217 g/mol. The Hall–Kier alpha value is -0.590. The molecule has 0 aromatic rings. The van der Waals surface area contributed by atoms with Crippen LogP contribution in [0.15, 0.2) is 4.99 Å². The minimum Gasteiger partial charge on any atom is -0.480 e. The molecule has 1 aliphatic rings. The fraction of sp³-hybridized carbons (Fsp3) is 0.750. The van der Waals surface area contributed by atoms with E-state index in [1.807, 2.05) is 0 Å². The number of rotatable bonds is 5. The monoisotopic (exact) mass is 217 g/mol. The lowest BCUT2D eigenvalue weighted by atomic mass is 9.96. The van der Waals surface area contributed by atoms with Gasteiger partial charge in [-0.1, -0.05) is 0 Å². The largest absolute Gasteiger partial charge is 0.480 e. The van der Waals surface area contributed by atoms with Gasteiger partial charge in [-0.25, -0.2) is 4.79 Å². The van der Waals surface area contributed by atoms with E-state index in [1.165, 1.54) is 11.8 Å². The van der Waals surface area contributed by atoms with Crippen molar-refractivity contribution < 1.29 is 9.90 Å². The summed E-state index contributed by atoms with van der Waals surface area (Å²) in [5, 5.41) is 9.60. The molecule has 5 nitrogen and oxygen atoms in total. The van der Waals surface area contributed by atoms with Gasteiger partial charge >= 0.3 is 5.97 Å². The van der Waals surface area contributed by atoms with Gasteiger partial charge in [-0.2, -0.15) is 0 Å². The Morgan fingerprint density at radius 3 is 2.86 bits per heavy atom. The molecular weight excluding hydrogens is 202 g/mol. The summed E-state index contributed by atoms with van der Waals surface area (Å²) in [6, 6.07) is 0. The van der Waals surface area contributed by atoms with Crippen LogP contribution >= 0.6 is 11.8 Å². The molecule has 1 atom stereocenters. The molecule has 80 valence electrons. The predicted octanol–water partition coefficient (Wildman–Crippen LogP) is -0.347. The van der Waals surface area contributed by atoms with Crippen LogP contribution in [0, 0.1) is 0 Å². The van der Waals surface area contributed by atoms with Crippen molar-refractivity contribution in [3.63, 3.8) is 0 Å². The number of carboxylic acid groups (broad SMARTS) is 1. The van der Waals surface area contributed by atoms with Crippen molar-refractivity contribution in [2.24, 2.45) is 16.5 Å². The van der Waals surface area contributed by atoms with Crippen LogP contribution in [0.25, 0.3) is 0 Å². The van der Waals surface area contributed by atoms with Crippen LogP contribution in [0.2, 0.25) is 0 Å². The van der Waals surface area contributed by atoms with Gasteiger partial charge in [-0.3, -0.25) is 4.99 Å². The van der Waals surface area contributed by atoms with E-state index >= 15 is 0 Å². The van der Waals surface area contributed by atoms with E-state index in [0.717, 1.165) is 5.75 Å². The molecule has 0 saturated heterocycles. The number of aliphatic imine (C=N–C) groups is 1. The van der Waals surface area contributed by atoms with Gasteiger partial charge in [0.1, 0.15) is 0 Å². The van der Waals surface area contributed by atoms with Crippen molar-refractivity contribution in [1.82, 2.24) is 0 Å². The summed E-state index contributed by atoms with van der Waals surface area (Å²) in [4.78, 5) is 15.2. The summed E-state index contributed by atoms with van der Waals surface area (Å²) in [5.41, 5.74) is 9.85. The molecule has 0 aromatic carbocycles. The Balaban J connectivity index is 2.75. The summed E-state index contributed by atoms with van der Waals surface area (Å²) in [5.74, 6) is -0.191. The highest BCUT2D eigenvalue weighted by Gasteiger charge is 2.40. The smallest absolute Gasteiger partial charge is 0.330 e. The lowest BCUT2D eigenvalue weighted by Crippen LogP contribution is -2.53. The lowest BCUT2D eigenvalue weighted by molar-refractivity contribution is -0.140. The molecule has 1 aliphatic heterocycles. The number of aliphatic carboxylic acids is 1. The molecule has 0 fully saturated rings. The van der Waals surface area contributed by atoms with E-state index in [-0.39, 0.29) is 0 Å². The summed E-state index contributed by atoms with van der Waals surface area (Å²) in [7, 11) is 0. The summed E-state index contributed by atoms with van der Waals surface area (Å²) in [6.45, 7) is 1.11. The normalized spacial score (nSPS) is 20.3. The molecule has 0 radical (unpaired) electrons. The van der Waals surface area contributed by atoms with E-state index in [9.17, 15) is 4.79 Å². The van der Waals surface area contributed by atoms with Gasteiger partial charge in [0, 0.05) is 12.3 Å². The maximum Gasteiger partial charge on any atom is 0.330 e. The minimum absolute atomic E-state index is 0.352. The number of carboxylic acids is 1. The second kappa shape index (κ2) is 4.77. The van der Waals surface area contributed by atoms with Gasteiger partial charge < -0.3 is 16.6 Å². The maximum absolute atomic E-state index is 11.1. The van der Waals surface area contributed by atoms with Crippen molar-refractivity contribution in [2.75, 3.05) is 18.8 Å². The molecular formula is C8H15N3O2S. The predicted molar refractivity (Wildman–Crippen MR) is 57.6 cm³/mol. The van der Waals surface area contributed by atoms with Crippen LogP contribution < -0.4 is 11.5 Å². The molecule has 0 bridgehead atoms. The molecule has 0 aliphatic carbocycles. The molecule has 0 aromatic heterocycles. The second-order valence-corrected chi connectivity index (χ2v) is 4.29. The molecule has 0 saturated carbocycles. The molecule has 0 spiro atoms. The quantitative estimate of drug-likeness (QED) is 0.584. The van der Waals surface area contributed by atoms with E-state index in [0.29, 0.717) is 31.0 Å². The molecule has 14 heavy (non-hydrogen) atoms. The highest BCUT2D eigenvalue weighted by atomic mass is 32.2. The number of thioether (sulfide) groups is 1. The highest BCUT2D eigenvalue weighted by Crippen LogP contribution is 2.24. The summed E-state index contributed by atoms with van der Waals surface area (Å²) < 4.78 is 0.